The van der Waals surface area contributed by atoms with Crippen LogP contribution in [0.1, 0.15) is 50.2 Å². The predicted molar refractivity (Wildman–Crippen MR) is 132 cm³/mol. The van der Waals surface area contributed by atoms with Gasteiger partial charge in [0.25, 0.3) is 0 Å². The zero-order valence-corrected chi connectivity index (χ0v) is 20.8. The van der Waals surface area contributed by atoms with Gasteiger partial charge in [0, 0.05) is 49.3 Å². The van der Waals surface area contributed by atoms with Crippen LogP contribution in [-0.4, -0.2) is 44.2 Å². The molecule has 1 N–H and O–H groups in total. The predicted octanol–water partition coefficient (Wildman–Crippen LogP) is 5.04. The van der Waals surface area contributed by atoms with E-state index in [1.165, 1.54) is 12.1 Å². The second-order valence-corrected chi connectivity index (χ2v) is 10.0. The maximum absolute atomic E-state index is 14.3. The van der Waals surface area contributed by atoms with Gasteiger partial charge in [-0.3, -0.25) is 4.90 Å². The first-order valence-corrected chi connectivity index (χ1v) is 12.0. The molecule has 1 aliphatic heterocycles. The summed E-state index contributed by atoms with van der Waals surface area (Å²) in [7, 11) is 0. The minimum Gasteiger partial charge on any atom is -0.333 e. The maximum atomic E-state index is 14.3. The summed E-state index contributed by atoms with van der Waals surface area (Å²) < 4.78 is 30.0. The molecule has 6 nitrogen and oxygen atoms in total. The second kappa shape index (κ2) is 10.2. The number of rotatable bonds is 6. The number of urea groups is 1. The monoisotopic (exact) mass is 481 g/mol. The van der Waals surface area contributed by atoms with Crippen LogP contribution in [0.15, 0.2) is 48.5 Å². The number of benzene rings is 2. The number of amides is 2. The fourth-order valence-electron chi connectivity index (χ4n) is 4.40. The largest absolute Gasteiger partial charge is 0.333 e. The first-order chi connectivity index (χ1) is 16.6. The van der Waals surface area contributed by atoms with Crippen LogP contribution in [0, 0.1) is 11.6 Å². The van der Waals surface area contributed by atoms with Crippen molar-refractivity contribution in [2.45, 2.75) is 59.3 Å². The van der Waals surface area contributed by atoms with Crippen LogP contribution in [0.4, 0.5) is 13.6 Å². The highest BCUT2D eigenvalue weighted by molar-refractivity contribution is 5.75. The van der Waals surface area contributed by atoms with Crippen LogP contribution >= 0.6 is 0 Å². The van der Waals surface area contributed by atoms with Crippen molar-refractivity contribution in [1.82, 2.24) is 24.9 Å². The Hall–Kier alpha value is -3.26. The van der Waals surface area contributed by atoms with E-state index in [4.69, 9.17) is 5.10 Å². The van der Waals surface area contributed by atoms with E-state index in [2.05, 4.69) is 10.2 Å². The minimum absolute atomic E-state index is 0.141. The van der Waals surface area contributed by atoms with Gasteiger partial charge >= 0.3 is 6.03 Å². The van der Waals surface area contributed by atoms with Gasteiger partial charge in [-0.2, -0.15) is 5.10 Å². The molecule has 0 saturated carbocycles. The third-order valence-corrected chi connectivity index (χ3v) is 6.11. The lowest BCUT2D eigenvalue weighted by Gasteiger charge is -2.29. The van der Waals surface area contributed by atoms with E-state index in [-0.39, 0.29) is 11.6 Å². The molecule has 0 bridgehead atoms. The van der Waals surface area contributed by atoms with Crippen molar-refractivity contribution in [1.29, 1.82) is 0 Å². The highest BCUT2D eigenvalue weighted by Crippen LogP contribution is 2.28. The lowest BCUT2D eigenvalue weighted by molar-refractivity contribution is 0.187. The van der Waals surface area contributed by atoms with Gasteiger partial charge in [-0.1, -0.05) is 18.2 Å². The molecule has 0 aliphatic carbocycles. The van der Waals surface area contributed by atoms with Gasteiger partial charge in [-0.15, -0.1) is 0 Å². The smallest absolute Gasteiger partial charge is 0.318 e. The van der Waals surface area contributed by atoms with Gasteiger partial charge in [0.05, 0.1) is 23.6 Å². The van der Waals surface area contributed by atoms with E-state index in [0.717, 1.165) is 28.7 Å². The van der Waals surface area contributed by atoms with Crippen LogP contribution < -0.4 is 5.32 Å². The number of para-hydroxylation sites is 1. The summed E-state index contributed by atoms with van der Waals surface area (Å²) in [4.78, 5) is 16.8. The number of carbonyl (C=O) groups is 1. The van der Waals surface area contributed by atoms with Crippen LogP contribution in [0.5, 0.6) is 0 Å². The number of hydrogen-bond donors (Lipinski definition) is 1. The van der Waals surface area contributed by atoms with Gasteiger partial charge in [-0.05, 0) is 58.0 Å². The molecule has 2 heterocycles. The van der Waals surface area contributed by atoms with Crippen LogP contribution in [0.2, 0.25) is 0 Å². The zero-order chi connectivity index (χ0) is 25.2. The topological polar surface area (TPSA) is 53.4 Å². The molecule has 3 aromatic rings. The second-order valence-electron chi connectivity index (χ2n) is 10.0. The molecule has 35 heavy (non-hydrogen) atoms. The van der Waals surface area contributed by atoms with E-state index in [1.54, 1.807) is 4.90 Å². The molecule has 0 unspecified atom stereocenters. The maximum Gasteiger partial charge on any atom is 0.318 e. The summed E-state index contributed by atoms with van der Waals surface area (Å²) in [6.45, 7) is 10.3. The van der Waals surface area contributed by atoms with Crippen molar-refractivity contribution in [2.75, 3.05) is 13.1 Å². The molecule has 1 aliphatic rings. The Kier molecular flexibility index (Phi) is 7.21. The average molecular weight is 482 g/mol. The Morgan fingerprint density at radius 2 is 1.89 bits per heavy atom. The van der Waals surface area contributed by atoms with Gasteiger partial charge in [0.2, 0.25) is 0 Å². The Labute approximate surface area is 205 Å². The molecular weight excluding hydrogens is 448 g/mol. The van der Waals surface area contributed by atoms with Gasteiger partial charge < -0.3 is 10.2 Å². The molecule has 2 amide bonds. The summed E-state index contributed by atoms with van der Waals surface area (Å²) in [6, 6.07) is 13.4. The van der Waals surface area contributed by atoms with E-state index in [9.17, 15) is 13.6 Å². The standard InChI is InChI=1S/C27H33F2N5O/c1-5-33(26(35)30-27(2,3)4)18-24-22-17-32(16-19-15-20(28)11-12-23(19)29)14-13-25(22)34(31-24)21-9-7-6-8-10-21/h6-12,15H,5,13-14,16-18H2,1-4H3,(H,30,35). The number of aromatic nitrogens is 2. The summed E-state index contributed by atoms with van der Waals surface area (Å²) in [5.74, 6) is -0.853. The quantitative estimate of drug-likeness (QED) is 0.537. The molecule has 0 fully saturated rings. The fourth-order valence-corrected chi connectivity index (χ4v) is 4.40. The minimum atomic E-state index is -0.444. The van der Waals surface area contributed by atoms with E-state index < -0.39 is 11.6 Å². The third kappa shape index (κ3) is 5.88. The van der Waals surface area contributed by atoms with Gasteiger partial charge in [-0.25, -0.2) is 18.3 Å². The number of halogens is 2. The van der Waals surface area contributed by atoms with E-state index in [1.807, 2.05) is 62.7 Å². The molecule has 4 rings (SSSR count). The highest BCUT2D eigenvalue weighted by atomic mass is 19.1. The van der Waals surface area contributed by atoms with Crippen LogP contribution in [0.3, 0.4) is 0 Å². The normalized spacial score (nSPS) is 14.0. The van der Waals surface area contributed by atoms with Crippen molar-refractivity contribution < 1.29 is 13.6 Å². The number of fused-ring (bicyclic) bond motifs is 1. The molecule has 2 aromatic carbocycles. The first kappa shape index (κ1) is 24.9. The molecule has 8 heteroatoms. The lowest BCUT2D eigenvalue weighted by atomic mass is 10.0. The van der Waals surface area contributed by atoms with Gasteiger partial charge in [0.1, 0.15) is 11.6 Å². The first-order valence-electron chi connectivity index (χ1n) is 12.0. The highest BCUT2D eigenvalue weighted by Gasteiger charge is 2.28. The summed E-state index contributed by atoms with van der Waals surface area (Å²) in [5.41, 5.74) is 3.90. The van der Waals surface area contributed by atoms with E-state index >= 15 is 0 Å². The number of hydrogen-bond acceptors (Lipinski definition) is 3. The average Bonchev–Trinajstić information content (AvgIpc) is 3.17. The van der Waals surface area contributed by atoms with Crippen molar-refractivity contribution in [3.8, 4) is 5.69 Å². The molecule has 0 saturated heterocycles. The van der Waals surface area contributed by atoms with Crippen molar-refractivity contribution in [2.24, 2.45) is 0 Å². The molecule has 186 valence electrons. The Morgan fingerprint density at radius 3 is 2.57 bits per heavy atom. The molecule has 0 spiro atoms. The number of nitrogens with zero attached hydrogens (tertiary/aromatic N) is 4. The van der Waals surface area contributed by atoms with E-state index in [0.29, 0.717) is 44.7 Å². The lowest BCUT2D eigenvalue weighted by Crippen LogP contribution is -2.48. The number of carbonyl (C=O) groups excluding carboxylic acids is 1. The summed E-state index contributed by atoms with van der Waals surface area (Å²) in [6.07, 6.45) is 0.717. The Balaban J connectivity index is 1.65. The van der Waals surface area contributed by atoms with Crippen molar-refractivity contribution in [3.63, 3.8) is 0 Å². The zero-order valence-electron chi connectivity index (χ0n) is 20.8. The summed E-state index contributed by atoms with van der Waals surface area (Å²) >= 11 is 0. The Bertz CT molecular complexity index is 1190. The van der Waals surface area contributed by atoms with Crippen molar-refractivity contribution in [3.05, 3.63) is 82.7 Å². The van der Waals surface area contributed by atoms with Gasteiger partial charge in [0.15, 0.2) is 0 Å². The molecule has 0 atom stereocenters. The molecule has 0 radical (unpaired) electrons. The molecular formula is C27H33F2N5O. The van der Waals surface area contributed by atoms with Crippen LogP contribution in [0.25, 0.3) is 5.69 Å². The van der Waals surface area contributed by atoms with Crippen molar-refractivity contribution >= 4 is 6.03 Å². The van der Waals surface area contributed by atoms with Crippen LogP contribution in [-0.2, 0) is 26.1 Å². The SMILES string of the molecule is CCN(Cc1nn(-c2ccccc2)c2c1CN(Cc1cc(F)ccc1F)CC2)C(=O)NC(C)(C)C. The fraction of sp³-hybridized carbons (Fsp3) is 0.407. The Morgan fingerprint density at radius 1 is 1.14 bits per heavy atom. The third-order valence-electron chi connectivity index (χ3n) is 6.11. The molecule has 1 aromatic heterocycles. The number of nitrogens with one attached hydrogen (secondary N) is 1. The summed E-state index contributed by atoms with van der Waals surface area (Å²) in [5, 5.41) is 7.96.